The van der Waals surface area contributed by atoms with Gasteiger partial charge in [0.1, 0.15) is 5.82 Å². The fourth-order valence-electron chi connectivity index (χ4n) is 3.00. The van der Waals surface area contributed by atoms with Crippen LogP contribution in [0.15, 0.2) is 17.0 Å². The molecule has 0 saturated carbocycles. The first kappa shape index (κ1) is 16.4. The molecule has 1 aromatic rings. The number of hydrogen-bond acceptors (Lipinski definition) is 3. The molecule has 0 aliphatic carbocycles. The Bertz CT molecular complexity index is 631. The first-order chi connectivity index (χ1) is 9.77. The molecule has 0 amide bonds. The number of rotatable bonds is 4. The number of halogens is 1. The van der Waals surface area contributed by atoms with Gasteiger partial charge in [0.2, 0.25) is 10.0 Å². The lowest BCUT2D eigenvalue weighted by Crippen LogP contribution is -2.34. The molecular weight excluding hydrogens is 291 g/mol. The second kappa shape index (κ2) is 6.02. The van der Waals surface area contributed by atoms with Crippen LogP contribution >= 0.6 is 0 Å². The minimum absolute atomic E-state index is 0.0413. The van der Waals surface area contributed by atoms with Gasteiger partial charge in [0, 0.05) is 24.7 Å². The van der Waals surface area contributed by atoms with Crippen molar-refractivity contribution >= 4 is 10.0 Å². The first-order valence-electron chi connectivity index (χ1n) is 7.22. The van der Waals surface area contributed by atoms with E-state index in [0.29, 0.717) is 24.6 Å². The highest BCUT2D eigenvalue weighted by molar-refractivity contribution is 7.89. The fraction of sp³-hybridized carbons (Fsp3) is 0.600. The van der Waals surface area contributed by atoms with E-state index < -0.39 is 15.8 Å². The molecule has 1 aromatic carbocycles. The van der Waals surface area contributed by atoms with E-state index in [-0.39, 0.29) is 16.5 Å². The van der Waals surface area contributed by atoms with E-state index in [1.54, 1.807) is 13.1 Å². The first-order valence-corrected chi connectivity index (χ1v) is 8.66. The number of sulfonamides is 1. The lowest BCUT2D eigenvalue weighted by atomic mass is 10.1. The third-order valence-electron chi connectivity index (χ3n) is 4.05. The van der Waals surface area contributed by atoms with E-state index in [1.165, 1.54) is 17.3 Å². The van der Waals surface area contributed by atoms with Crippen LogP contribution in [0.5, 0.6) is 0 Å². The van der Waals surface area contributed by atoms with Crippen LogP contribution in [0.1, 0.15) is 31.4 Å². The van der Waals surface area contributed by atoms with Crippen molar-refractivity contribution < 1.29 is 12.8 Å². The number of hydrogen-bond donors (Lipinski definition) is 1. The van der Waals surface area contributed by atoms with Crippen LogP contribution in [0.3, 0.4) is 0 Å². The van der Waals surface area contributed by atoms with Gasteiger partial charge in [-0.1, -0.05) is 6.92 Å². The van der Waals surface area contributed by atoms with Crippen LogP contribution in [0.4, 0.5) is 4.39 Å². The Labute approximate surface area is 126 Å². The van der Waals surface area contributed by atoms with Gasteiger partial charge in [-0.25, -0.2) is 12.8 Å². The van der Waals surface area contributed by atoms with Crippen LogP contribution in [-0.2, 0) is 16.6 Å². The van der Waals surface area contributed by atoms with Crippen molar-refractivity contribution in [3.63, 3.8) is 0 Å². The molecule has 0 radical (unpaired) electrons. The Morgan fingerprint density at radius 1 is 1.38 bits per heavy atom. The molecule has 1 heterocycles. The summed E-state index contributed by atoms with van der Waals surface area (Å²) >= 11 is 0. The summed E-state index contributed by atoms with van der Waals surface area (Å²) in [5, 5.41) is 2.92. The number of benzene rings is 1. The monoisotopic (exact) mass is 314 g/mol. The van der Waals surface area contributed by atoms with Gasteiger partial charge in [0.15, 0.2) is 0 Å². The van der Waals surface area contributed by atoms with Crippen molar-refractivity contribution in [2.75, 3.05) is 13.6 Å². The quantitative estimate of drug-likeness (QED) is 0.927. The highest BCUT2D eigenvalue weighted by Crippen LogP contribution is 2.31. The van der Waals surface area contributed by atoms with Gasteiger partial charge in [-0.05, 0) is 50.9 Å². The molecule has 21 heavy (non-hydrogen) atoms. The molecule has 118 valence electrons. The summed E-state index contributed by atoms with van der Waals surface area (Å²) in [7, 11) is -1.90. The average molecular weight is 314 g/mol. The van der Waals surface area contributed by atoms with Gasteiger partial charge in [-0.15, -0.1) is 0 Å². The van der Waals surface area contributed by atoms with Crippen LogP contribution in [0.2, 0.25) is 0 Å². The molecule has 4 nitrogen and oxygen atoms in total. The maximum Gasteiger partial charge on any atom is 0.243 e. The molecule has 2 unspecified atom stereocenters. The average Bonchev–Trinajstić information content (AvgIpc) is 2.73. The predicted molar refractivity (Wildman–Crippen MR) is 81.0 cm³/mol. The summed E-state index contributed by atoms with van der Waals surface area (Å²) in [5.74, 6) is -0.137. The van der Waals surface area contributed by atoms with Crippen molar-refractivity contribution in [3.05, 3.63) is 29.1 Å². The van der Waals surface area contributed by atoms with Crippen molar-refractivity contribution in [2.24, 2.45) is 5.92 Å². The summed E-state index contributed by atoms with van der Waals surface area (Å²) in [6.07, 6.45) is 0.844. The Hall–Kier alpha value is -0.980. The SMILES string of the molecule is CNCc1cc(F)c(C)c(S(=O)(=O)N2CC(C)CC2C)c1. The molecule has 2 atom stereocenters. The fourth-order valence-corrected chi connectivity index (χ4v) is 5.05. The molecule has 1 fully saturated rings. The minimum Gasteiger partial charge on any atom is -0.316 e. The predicted octanol–water partition coefficient (Wildman–Crippen LogP) is 2.27. The molecule has 1 N–H and O–H groups in total. The van der Waals surface area contributed by atoms with E-state index in [1.807, 2.05) is 13.8 Å². The molecular formula is C15H23FN2O2S. The highest BCUT2D eigenvalue weighted by atomic mass is 32.2. The van der Waals surface area contributed by atoms with Gasteiger partial charge >= 0.3 is 0 Å². The molecule has 1 aliphatic rings. The molecule has 1 saturated heterocycles. The van der Waals surface area contributed by atoms with Crippen LogP contribution in [0, 0.1) is 18.7 Å². The normalized spacial score (nSPS) is 23.7. The Balaban J connectivity index is 2.49. The second-order valence-electron chi connectivity index (χ2n) is 6.00. The Kier molecular flexibility index (Phi) is 4.70. The zero-order valence-corrected chi connectivity index (χ0v) is 13.8. The van der Waals surface area contributed by atoms with E-state index in [0.717, 1.165) is 6.42 Å². The van der Waals surface area contributed by atoms with Gasteiger partial charge in [0.05, 0.1) is 4.90 Å². The van der Waals surface area contributed by atoms with Crippen LogP contribution in [0.25, 0.3) is 0 Å². The van der Waals surface area contributed by atoms with Gasteiger partial charge in [-0.3, -0.25) is 0 Å². The lowest BCUT2D eigenvalue weighted by Gasteiger charge is -2.22. The molecule has 2 rings (SSSR count). The van der Waals surface area contributed by atoms with E-state index in [2.05, 4.69) is 5.32 Å². The molecule has 0 aromatic heterocycles. The Morgan fingerprint density at radius 2 is 2.05 bits per heavy atom. The van der Waals surface area contributed by atoms with E-state index in [9.17, 15) is 12.8 Å². The third-order valence-corrected chi connectivity index (χ3v) is 6.16. The van der Waals surface area contributed by atoms with Gasteiger partial charge in [0.25, 0.3) is 0 Å². The van der Waals surface area contributed by atoms with E-state index >= 15 is 0 Å². The summed E-state index contributed by atoms with van der Waals surface area (Å²) in [4.78, 5) is 0.0914. The third kappa shape index (κ3) is 3.12. The summed E-state index contributed by atoms with van der Waals surface area (Å²) in [6, 6.07) is 2.93. The molecule has 6 heteroatoms. The smallest absolute Gasteiger partial charge is 0.243 e. The standard InChI is InChI=1S/C15H23FN2O2S/c1-10-5-11(2)18(9-10)21(19,20)15-7-13(8-17-4)6-14(16)12(15)3/h6-7,10-11,17H,5,8-9H2,1-4H3. The largest absolute Gasteiger partial charge is 0.316 e. The molecule has 0 bridgehead atoms. The topological polar surface area (TPSA) is 49.4 Å². The summed E-state index contributed by atoms with van der Waals surface area (Å²) < 4.78 is 41.3. The lowest BCUT2D eigenvalue weighted by molar-refractivity contribution is 0.404. The van der Waals surface area contributed by atoms with Gasteiger partial charge in [-0.2, -0.15) is 4.31 Å². The van der Waals surface area contributed by atoms with Crippen molar-refractivity contribution in [2.45, 2.75) is 44.7 Å². The number of nitrogens with one attached hydrogen (secondary N) is 1. The van der Waals surface area contributed by atoms with Crippen molar-refractivity contribution in [1.29, 1.82) is 0 Å². The maximum absolute atomic E-state index is 14.0. The number of nitrogens with zero attached hydrogens (tertiary/aromatic N) is 1. The van der Waals surface area contributed by atoms with Crippen LogP contribution in [-0.4, -0.2) is 32.4 Å². The highest BCUT2D eigenvalue weighted by Gasteiger charge is 2.37. The second-order valence-corrected chi connectivity index (χ2v) is 7.85. The van der Waals surface area contributed by atoms with Gasteiger partial charge < -0.3 is 5.32 Å². The maximum atomic E-state index is 14.0. The molecule has 1 aliphatic heterocycles. The van der Waals surface area contributed by atoms with E-state index in [4.69, 9.17) is 0 Å². The zero-order chi connectivity index (χ0) is 15.8. The van der Waals surface area contributed by atoms with Crippen molar-refractivity contribution in [1.82, 2.24) is 9.62 Å². The molecule has 0 spiro atoms. The minimum atomic E-state index is -3.65. The zero-order valence-electron chi connectivity index (χ0n) is 13.0. The van der Waals surface area contributed by atoms with Crippen molar-refractivity contribution in [3.8, 4) is 0 Å². The summed E-state index contributed by atoms with van der Waals surface area (Å²) in [5.41, 5.74) is 0.834. The van der Waals surface area contributed by atoms with Crippen LogP contribution < -0.4 is 5.32 Å². The summed E-state index contributed by atoms with van der Waals surface area (Å²) in [6.45, 7) is 6.41. The Morgan fingerprint density at radius 3 is 2.57 bits per heavy atom.